The minimum absolute atomic E-state index is 0.175. The monoisotopic (exact) mass is 183 g/mol. The van der Waals surface area contributed by atoms with E-state index in [0.29, 0.717) is 6.42 Å². The number of hydrogen-bond acceptors (Lipinski definition) is 3. The van der Waals surface area contributed by atoms with Gasteiger partial charge in [0.25, 0.3) is 0 Å². The minimum atomic E-state index is -0.800. The average Bonchev–Trinajstić information content (AvgIpc) is 2.55. The lowest BCUT2D eigenvalue weighted by atomic mass is 9.98. The van der Waals surface area contributed by atoms with E-state index in [1.54, 1.807) is 13.1 Å². The highest BCUT2D eigenvalue weighted by Crippen LogP contribution is 2.18. The van der Waals surface area contributed by atoms with E-state index in [9.17, 15) is 5.11 Å². The number of nitrogens with zero attached hydrogens (tertiary/aromatic N) is 2. The highest BCUT2D eigenvalue weighted by molar-refractivity contribution is 4.84. The predicted octanol–water partition coefficient (Wildman–Crippen LogP) is 0.544. The van der Waals surface area contributed by atoms with Crippen molar-refractivity contribution in [2.24, 2.45) is 5.73 Å². The van der Waals surface area contributed by atoms with Crippen molar-refractivity contribution in [1.29, 1.82) is 0 Å². The maximum Gasteiger partial charge on any atom is 0.0761 e. The first-order chi connectivity index (χ1) is 6.05. The van der Waals surface area contributed by atoms with Gasteiger partial charge >= 0.3 is 0 Å². The Balaban J connectivity index is 2.56. The molecular weight excluding hydrogens is 166 g/mol. The Morgan fingerprint density at radius 1 is 1.69 bits per heavy atom. The first kappa shape index (κ1) is 10.2. The molecule has 0 radical (unpaired) electrons. The van der Waals surface area contributed by atoms with Crippen LogP contribution in [0.1, 0.15) is 26.3 Å². The molecule has 74 valence electrons. The zero-order chi connectivity index (χ0) is 9.90. The summed E-state index contributed by atoms with van der Waals surface area (Å²) in [5.74, 6) is 0. The van der Waals surface area contributed by atoms with Gasteiger partial charge in [-0.1, -0.05) is 0 Å². The van der Waals surface area contributed by atoms with Crippen LogP contribution in [0.3, 0.4) is 0 Å². The van der Waals surface area contributed by atoms with Crippen LogP contribution in [-0.4, -0.2) is 27.0 Å². The zero-order valence-electron chi connectivity index (χ0n) is 8.14. The van der Waals surface area contributed by atoms with E-state index >= 15 is 0 Å². The second-order valence-corrected chi connectivity index (χ2v) is 3.74. The number of aromatic nitrogens is 2. The molecule has 1 rings (SSSR count). The molecule has 4 heteroatoms. The molecule has 1 aromatic rings. The Labute approximate surface area is 78.4 Å². The van der Waals surface area contributed by atoms with Crippen molar-refractivity contribution in [3.8, 4) is 0 Å². The standard InChI is InChI=1S/C9H17N3O/c1-8(6-9(2,13)7-10)12-5-3-4-11-12/h3-5,8,13H,6-7,10H2,1-2H3. The summed E-state index contributed by atoms with van der Waals surface area (Å²) in [6, 6.07) is 2.04. The van der Waals surface area contributed by atoms with Crippen molar-refractivity contribution in [3.05, 3.63) is 18.5 Å². The second-order valence-electron chi connectivity index (χ2n) is 3.74. The summed E-state index contributed by atoms with van der Waals surface area (Å²) in [5, 5.41) is 13.8. The van der Waals surface area contributed by atoms with Crippen LogP contribution < -0.4 is 5.73 Å². The van der Waals surface area contributed by atoms with Gasteiger partial charge in [-0.25, -0.2) is 0 Å². The van der Waals surface area contributed by atoms with E-state index in [-0.39, 0.29) is 12.6 Å². The van der Waals surface area contributed by atoms with Gasteiger partial charge in [-0.2, -0.15) is 5.10 Å². The summed E-state index contributed by atoms with van der Waals surface area (Å²) in [5.41, 5.74) is 4.63. The van der Waals surface area contributed by atoms with E-state index in [2.05, 4.69) is 5.10 Å². The fraction of sp³-hybridized carbons (Fsp3) is 0.667. The third kappa shape index (κ3) is 2.82. The quantitative estimate of drug-likeness (QED) is 0.716. The molecule has 0 bridgehead atoms. The van der Waals surface area contributed by atoms with Crippen molar-refractivity contribution < 1.29 is 5.11 Å². The number of rotatable bonds is 4. The summed E-state index contributed by atoms with van der Waals surface area (Å²) in [4.78, 5) is 0. The molecule has 4 nitrogen and oxygen atoms in total. The number of hydrogen-bond donors (Lipinski definition) is 2. The third-order valence-corrected chi connectivity index (χ3v) is 2.15. The van der Waals surface area contributed by atoms with Gasteiger partial charge in [0.1, 0.15) is 0 Å². The molecule has 0 saturated heterocycles. The van der Waals surface area contributed by atoms with Crippen LogP contribution in [0, 0.1) is 0 Å². The van der Waals surface area contributed by atoms with Gasteiger partial charge in [0, 0.05) is 18.9 Å². The molecule has 13 heavy (non-hydrogen) atoms. The Hall–Kier alpha value is -0.870. The van der Waals surface area contributed by atoms with E-state index < -0.39 is 5.60 Å². The van der Waals surface area contributed by atoms with Crippen LogP contribution in [0.15, 0.2) is 18.5 Å². The average molecular weight is 183 g/mol. The van der Waals surface area contributed by atoms with Gasteiger partial charge in [0.2, 0.25) is 0 Å². The summed E-state index contributed by atoms with van der Waals surface area (Å²) >= 11 is 0. The Kier molecular flexibility index (Phi) is 3.06. The third-order valence-electron chi connectivity index (χ3n) is 2.15. The molecule has 0 aliphatic carbocycles. The molecular formula is C9H17N3O. The Morgan fingerprint density at radius 2 is 2.38 bits per heavy atom. The van der Waals surface area contributed by atoms with Gasteiger partial charge < -0.3 is 10.8 Å². The lowest BCUT2D eigenvalue weighted by Crippen LogP contribution is -2.36. The molecule has 1 heterocycles. The van der Waals surface area contributed by atoms with Gasteiger partial charge in [0.15, 0.2) is 0 Å². The lowest BCUT2D eigenvalue weighted by molar-refractivity contribution is 0.0449. The van der Waals surface area contributed by atoms with Crippen molar-refractivity contribution in [3.63, 3.8) is 0 Å². The molecule has 0 amide bonds. The van der Waals surface area contributed by atoms with Crippen LogP contribution in [0.2, 0.25) is 0 Å². The fourth-order valence-corrected chi connectivity index (χ4v) is 1.35. The Bertz CT molecular complexity index is 243. The molecule has 0 aromatic carbocycles. The predicted molar refractivity (Wildman–Crippen MR) is 51.2 cm³/mol. The van der Waals surface area contributed by atoms with Crippen molar-refractivity contribution in [2.45, 2.75) is 31.9 Å². The van der Waals surface area contributed by atoms with E-state index in [1.807, 2.05) is 23.9 Å². The summed E-state index contributed by atoms with van der Waals surface area (Å²) in [6.45, 7) is 4.03. The van der Waals surface area contributed by atoms with Crippen LogP contribution in [0.4, 0.5) is 0 Å². The van der Waals surface area contributed by atoms with Gasteiger partial charge in [-0.15, -0.1) is 0 Å². The molecule has 2 atom stereocenters. The Morgan fingerprint density at radius 3 is 2.85 bits per heavy atom. The molecule has 2 unspecified atom stereocenters. The van der Waals surface area contributed by atoms with Gasteiger partial charge in [-0.3, -0.25) is 4.68 Å². The molecule has 0 aliphatic heterocycles. The van der Waals surface area contributed by atoms with Crippen LogP contribution in [0.25, 0.3) is 0 Å². The highest BCUT2D eigenvalue weighted by atomic mass is 16.3. The largest absolute Gasteiger partial charge is 0.389 e. The van der Waals surface area contributed by atoms with E-state index in [0.717, 1.165) is 0 Å². The molecule has 1 aromatic heterocycles. The zero-order valence-corrected chi connectivity index (χ0v) is 8.14. The highest BCUT2D eigenvalue weighted by Gasteiger charge is 2.22. The molecule has 0 aliphatic rings. The van der Waals surface area contributed by atoms with Crippen LogP contribution in [-0.2, 0) is 0 Å². The number of aliphatic hydroxyl groups is 1. The first-order valence-corrected chi connectivity index (χ1v) is 4.47. The molecule has 0 saturated carbocycles. The molecule has 3 N–H and O–H groups in total. The smallest absolute Gasteiger partial charge is 0.0761 e. The first-order valence-electron chi connectivity index (χ1n) is 4.47. The fourth-order valence-electron chi connectivity index (χ4n) is 1.35. The lowest BCUT2D eigenvalue weighted by Gasteiger charge is -2.25. The maximum atomic E-state index is 9.73. The molecule has 0 fully saturated rings. The van der Waals surface area contributed by atoms with E-state index in [1.165, 1.54) is 0 Å². The SMILES string of the molecule is CC(CC(C)(O)CN)n1cccn1. The van der Waals surface area contributed by atoms with Crippen LogP contribution in [0.5, 0.6) is 0 Å². The van der Waals surface area contributed by atoms with Crippen molar-refractivity contribution >= 4 is 0 Å². The van der Waals surface area contributed by atoms with Crippen LogP contribution >= 0.6 is 0 Å². The molecule has 0 spiro atoms. The summed E-state index contributed by atoms with van der Waals surface area (Å²) in [6.07, 6.45) is 4.23. The summed E-state index contributed by atoms with van der Waals surface area (Å²) < 4.78 is 1.82. The van der Waals surface area contributed by atoms with Gasteiger partial charge in [0.05, 0.1) is 11.6 Å². The van der Waals surface area contributed by atoms with Crippen molar-refractivity contribution in [1.82, 2.24) is 9.78 Å². The normalized spacial score (nSPS) is 18.2. The minimum Gasteiger partial charge on any atom is -0.389 e. The number of nitrogens with two attached hydrogens (primary N) is 1. The maximum absolute atomic E-state index is 9.73. The van der Waals surface area contributed by atoms with Gasteiger partial charge in [-0.05, 0) is 26.3 Å². The van der Waals surface area contributed by atoms with E-state index in [4.69, 9.17) is 5.73 Å². The topological polar surface area (TPSA) is 64.1 Å². The second kappa shape index (κ2) is 3.89. The summed E-state index contributed by atoms with van der Waals surface area (Å²) in [7, 11) is 0. The van der Waals surface area contributed by atoms with Crippen molar-refractivity contribution in [2.75, 3.05) is 6.54 Å².